The Hall–Kier alpha value is -3.23. The summed E-state index contributed by atoms with van der Waals surface area (Å²) in [6.07, 6.45) is 6.15. The number of carboxylic acid groups (broad SMARTS) is 1. The topological polar surface area (TPSA) is 141 Å². The van der Waals surface area contributed by atoms with Crippen molar-refractivity contribution in [3.8, 4) is 5.75 Å². The molecule has 2 bridgehead atoms. The van der Waals surface area contributed by atoms with Gasteiger partial charge >= 0.3 is 0 Å². The lowest BCUT2D eigenvalue weighted by Gasteiger charge is -2.65. The number of likely N-dealkylation sites (tertiary alicyclic amines) is 1. The maximum atomic E-state index is 12.6. The predicted octanol–water partition coefficient (Wildman–Crippen LogP) is 1.84. The summed E-state index contributed by atoms with van der Waals surface area (Å²) >= 11 is 0. The molecular formula is C30H36N2O6. The van der Waals surface area contributed by atoms with E-state index in [0.29, 0.717) is 37.2 Å². The maximum Gasteiger partial charge on any atom is 0.252 e. The molecule has 202 valence electrons. The summed E-state index contributed by atoms with van der Waals surface area (Å²) in [6.45, 7) is 1.94. The SMILES string of the molecule is C[N+]1(CC2CCC2)CC[C@]23CC(=O)CC[C@@]2(O)[C@H]1Cc1ccc(C(N)=O)c(O)c13.O=C([O-])c1ccccc1. The van der Waals surface area contributed by atoms with Gasteiger partial charge in [-0.25, -0.2) is 0 Å². The van der Waals surface area contributed by atoms with Crippen LogP contribution in [0.2, 0.25) is 0 Å². The second kappa shape index (κ2) is 9.50. The predicted molar refractivity (Wildman–Crippen MR) is 138 cm³/mol. The van der Waals surface area contributed by atoms with E-state index >= 15 is 0 Å². The number of carbonyl (C=O) groups excluding carboxylic acids is 3. The van der Waals surface area contributed by atoms with Crippen LogP contribution in [0.3, 0.4) is 0 Å². The first kappa shape index (κ1) is 26.4. The monoisotopic (exact) mass is 520 g/mol. The first-order valence-corrected chi connectivity index (χ1v) is 13.5. The number of aromatic hydroxyl groups is 1. The Morgan fingerprint density at radius 3 is 2.42 bits per heavy atom. The third kappa shape index (κ3) is 4.10. The summed E-state index contributed by atoms with van der Waals surface area (Å²) < 4.78 is 0.828. The van der Waals surface area contributed by atoms with Gasteiger partial charge in [0.05, 0.1) is 31.7 Å². The fourth-order valence-corrected chi connectivity index (χ4v) is 7.68. The van der Waals surface area contributed by atoms with Crippen LogP contribution in [0.5, 0.6) is 5.75 Å². The minimum absolute atomic E-state index is 0.00345. The minimum atomic E-state index is -1.13. The molecule has 0 spiro atoms. The van der Waals surface area contributed by atoms with E-state index in [9.17, 15) is 29.7 Å². The number of nitrogens with zero attached hydrogens (tertiary/aromatic N) is 1. The zero-order chi connectivity index (χ0) is 27.3. The number of aromatic carboxylic acids is 1. The highest BCUT2D eigenvalue weighted by molar-refractivity contribution is 5.96. The number of rotatable bonds is 4. The van der Waals surface area contributed by atoms with Crippen LogP contribution in [0.1, 0.15) is 76.8 Å². The van der Waals surface area contributed by atoms with Crippen molar-refractivity contribution in [1.29, 1.82) is 0 Å². The lowest BCUT2D eigenvalue weighted by molar-refractivity contribution is -0.952. The van der Waals surface area contributed by atoms with E-state index in [2.05, 4.69) is 7.05 Å². The third-order valence-corrected chi connectivity index (χ3v) is 9.80. The Kier molecular flexibility index (Phi) is 6.60. The van der Waals surface area contributed by atoms with Crippen LogP contribution >= 0.6 is 0 Å². The highest BCUT2D eigenvalue weighted by Gasteiger charge is 2.70. The molecule has 2 saturated carbocycles. The van der Waals surface area contributed by atoms with E-state index in [1.54, 1.807) is 24.3 Å². The van der Waals surface area contributed by atoms with Gasteiger partial charge in [0.2, 0.25) is 0 Å². The molecule has 4 N–H and O–H groups in total. The molecule has 0 radical (unpaired) electrons. The number of ketones is 1. The van der Waals surface area contributed by atoms with E-state index < -0.39 is 22.9 Å². The number of aliphatic hydroxyl groups is 1. The number of nitrogens with two attached hydrogens (primary N) is 1. The summed E-state index contributed by atoms with van der Waals surface area (Å²) in [5, 5.41) is 33.4. The second-order valence-electron chi connectivity index (χ2n) is 11.9. The summed E-state index contributed by atoms with van der Waals surface area (Å²) in [7, 11) is 2.27. The van der Waals surface area contributed by atoms with Crippen molar-refractivity contribution in [3.05, 3.63) is 64.7 Å². The number of likely N-dealkylation sites (N-methyl/N-ethyl adjacent to an activating group) is 1. The molecule has 1 unspecified atom stereocenters. The summed E-state index contributed by atoms with van der Waals surface area (Å²) in [4.78, 5) is 34.6. The number of fused-ring (bicyclic) bond motifs is 1. The number of piperidine rings is 1. The Labute approximate surface area is 222 Å². The third-order valence-electron chi connectivity index (χ3n) is 9.80. The van der Waals surface area contributed by atoms with Crippen molar-refractivity contribution in [2.75, 3.05) is 20.1 Å². The molecule has 8 heteroatoms. The molecule has 4 aliphatic rings. The molecule has 8 nitrogen and oxygen atoms in total. The van der Waals surface area contributed by atoms with Gasteiger partial charge in [0.25, 0.3) is 5.91 Å². The second-order valence-corrected chi connectivity index (χ2v) is 11.9. The smallest absolute Gasteiger partial charge is 0.252 e. The fraction of sp³-hybridized carbons (Fsp3) is 0.500. The van der Waals surface area contributed by atoms with E-state index in [-0.39, 0.29) is 35.1 Å². The van der Waals surface area contributed by atoms with Gasteiger partial charge in [-0.1, -0.05) is 42.8 Å². The molecule has 4 atom stereocenters. The van der Waals surface area contributed by atoms with E-state index in [4.69, 9.17) is 5.73 Å². The number of hydrogen-bond donors (Lipinski definition) is 3. The quantitative estimate of drug-likeness (QED) is 0.526. The molecule has 3 fully saturated rings. The van der Waals surface area contributed by atoms with E-state index in [1.165, 1.54) is 31.4 Å². The lowest BCUT2D eigenvalue weighted by Crippen LogP contribution is -2.78. The van der Waals surface area contributed by atoms with Crippen LogP contribution in [0.25, 0.3) is 0 Å². The van der Waals surface area contributed by atoms with Gasteiger partial charge in [-0.05, 0) is 36.5 Å². The average molecular weight is 521 g/mol. The van der Waals surface area contributed by atoms with Gasteiger partial charge in [-0.2, -0.15) is 0 Å². The molecule has 1 saturated heterocycles. The molecule has 38 heavy (non-hydrogen) atoms. The molecule has 1 heterocycles. The van der Waals surface area contributed by atoms with Gasteiger partial charge in [-0.3, -0.25) is 9.59 Å². The first-order valence-electron chi connectivity index (χ1n) is 13.5. The van der Waals surface area contributed by atoms with Gasteiger partial charge in [-0.15, -0.1) is 0 Å². The number of primary amides is 1. The van der Waals surface area contributed by atoms with Gasteiger partial charge < -0.3 is 30.3 Å². The Morgan fingerprint density at radius 1 is 1.13 bits per heavy atom. The lowest BCUT2D eigenvalue weighted by atomic mass is 9.48. The highest BCUT2D eigenvalue weighted by Crippen LogP contribution is 2.61. The molecule has 1 aliphatic heterocycles. The van der Waals surface area contributed by atoms with Crippen molar-refractivity contribution in [2.45, 2.75) is 68.4 Å². The summed E-state index contributed by atoms with van der Waals surface area (Å²) in [5.41, 5.74) is 5.47. The van der Waals surface area contributed by atoms with Crippen LogP contribution in [0.4, 0.5) is 0 Å². The number of carbonyl (C=O) groups is 3. The Bertz CT molecular complexity index is 1280. The van der Waals surface area contributed by atoms with E-state index in [1.807, 2.05) is 6.07 Å². The van der Waals surface area contributed by atoms with Crippen molar-refractivity contribution in [3.63, 3.8) is 0 Å². The molecular weight excluding hydrogens is 484 g/mol. The largest absolute Gasteiger partial charge is 0.545 e. The van der Waals surface area contributed by atoms with Crippen LogP contribution in [0.15, 0.2) is 42.5 Å². The van der Waals surface area contributed by atoms with Gasteiger partial charge in [0.15, 0.2) is 0 Å². The normalized spacial score (nSPS) is 31.6. The number of phenols is 1. The van der Waals surface area contributed by atoms with Crippen molar-refractivity contribution >= 4 is 17.7 Å². The summed E-state index contributed by atoms with van der Waals surface area (Å²) in [5.74, 6) is -1.10. The fourth-order valence-electron chi connectivity index (χ4n) is 7.68. The first-order chi connectivity index (χ1) is 18.0. The van der Waals surface area contributed by atoms with Crippen molar-refractivity contribution in [1.82, 2.24) is 0 Å². The molecule has 6 rings (SSSR count). The van der Waals surface area contributed by atoms with Crippen molar-refractivity contribution < 1.29 is 34.2 Å². The minimum Gasteiger partial charge on any atom is -0.545 e. The molecule has 2 aromatic rings. The number of hydrogen-bond acceptors (Lipinski definition) is 6. The van der Waals surface area contributed by atoms with Crippen LogP contribution < -0.4 is 10.8 Å². The van der Waals surface area contributed by atoms with Gasteiger partial charge in [0.1, 0.15) is 23.2 Å². The molecule has 2 aromatic carbocycles. The average Bonchev–Trinajstić information content (AvgIpc) is 2.85. The van der Waals surface area contributed by atoms with Crippen LogP contribution in [0, 0.1) is 5.92 Å². The van der Waals surface area contributed by atoms with E-state index in [0.717, 1.165) is 23.1 Å². The summed E-state index contributed by atoms with van der Waals surface area (Å²) in [6, 6.07) is 11.5. The standard InChI is InChI=1S/C23H30N2O4.C7H6O2/c1-25(13-14-3-2-4-14)10-9-22-12-16(26)7-8-23(22,29)18(25)11-15-5-6-17(21(24)28)20(27)19(15)22;8-7(9)6-4-2-1-3-5-6/h5-6,14,18,29H,2-4,7-13H2,1H3,(H2-,24,27,28);1-5H,(H,8,9)/t18-,22-,23-,25?;/m1./s1. The molecule has 1 amide bonds. The Balaban J connectivity index is 0.000000278. The number of amides is 1. The zero-order valence-corrected chi connectivity index (χ0v) is 21.8. The molecule has 3 aliphatic carbocycles. The maximum absolute atomic E-state index is 12.6. The van der Waals surface area contributed by atoms with Crippen LogP contribution in [-0.4, -0.2) is 64.1 Å². The number of quaternary nitrogens is 1. The number of Topliss-reactive ketones (excluding diaryl/α,β-unsaturated/α-hetero) is 1. The Morgan fingerprint density at radius 2 is 1.84 bits per heavy atom. The molecule has 0 aromatic heterocycles. The van der Waals surface area contributed by atoms with Gasteiger partial charge in [0, 0.05) is 42.6 Å². The zero-order valence-electron chi connectivity index (χ0n) is 21.8. The number of carboxylic acids is 1. The number of benzene rings is 2. The van der Waals surface area contributed by atoms with Crippen LogP contribution in [-0.2, 0) is 16.6 Å². The highest BCUT2D eigenvalue weighted by atomic mass is 16.4. The van der Waals surface area contributed by atoms with Crippen molar-refractivity contribution in [2.24, 2.45) is 11.7 Å².